The van der Waals surface area contributed by atoms with Crippen molar-refractivity contribution in [1.82, 2.24) is 5.32 Å². The molecule has 1 aromatic carbocycles. The number of benzene rings is 1. The summed E-state index contributed by atoms with van der Waals surface area (Å²) in [5, 5.41) is 5.18. The van der Waals surface area contributed by atoms with Gasteiger partial charge < -0.3 is 24.3 Å². The minimum atomic E-state index is -1.05. The van der Waals surface area contributed by atoms with E-state index >= 15 is 0 Å². The van der Waals surface area contributed by atoms with Crippen LogP contribution in [-0.4, -0.2) is 46.2 Å². The number of carbonyl (C=O) groups excluding carboxylic acids is 3. The Labute approximate surface area is 207 Å². The van der Waals surface area contributed by atoms with Crippen LogP contribution in [0.1, 0.15) is 35.6 Å². The molecule has 4 rings (SSSR count). The lowest BCUT2D eigenvalue weighted by Gasteiger charge is -2.39. The highest BCUT2D eigenvalue weighted by Crippen LogP contribution is 2.50. The fourth-order valence-electron chi connectivity index (χ4n) is 4.96. The highest BCUT2D eigenvalue weighted by atomic mass is 32.1. The Morgan fingerprint density at radius 3 is 2.43 bits per heavy atom. The number of Topliss-reactive ketones (excluding diaryl/α,β-unsaturated/α-hetero) is 1. The zero-order chi connectivity index (χ0) is 25.3. The second kappa shape index (κ2) is 9.95. The van der Waals surface area contributed by atoms with Gasteiger partial charge in [0.2, 0.25) is 0 Å². The molecule has 1 aromatic heterocycles. The van der Waals surface area contributed by atoms with Gasteiger partial charge in [-0.2, -0.15) is 0 Å². The number of hydrogen-bond acceptors (Lipinski definition) is 9. The molecule has 0 amide bonds. The number of nitrogens with one attached hydrogen (secondary N) is 1. The fraction of sp³-hybridized carbons (Fsp3) is 0.346. The number of dihydropyridines is 1. The average molecular weight is 498 g/mol. The molecule has 9 heteroatoms. The summed E-state index contributed by atoms with van der Waals surface area (Å²) < 4.78 is 21.2. The number of esters is 2. The molecule has 2 aromatic rings. The van der Waals surface area contributed by atoms with Crippen LogP contribution in [-0.2, 0) is 23.9 Å². The molecule has 35 heavy (non-hydrogen) atoms. The molecule has 3 atom stereocenters. The molecular formula is C26H27NO7S. The number of rotatable bonds is 6. The maximum absolute atomic E-state index is 14.1. The summed E-state index contributed by atoms with van der Waals surface area (Å²) in [7, 11) is 5.62. The number of hydrogen-bond donors (Lipinski definition) is 1. The number of carbonyl (C=O) groups is 3. The van der Waals surface area contributed by atoms with Crippen LogP contribution in [0, 0.1) is 5.92 Å². The summed E-state index contributed by atoms with van der Waals surface area (Å²) in [5.41, 5.74) is 2.38. The minimum Gasteiger partial charge on any atom is -0.497 e. The van der Waals surface area contributed by atoms with E-state index in [-0.39, 0.29) is 11.5 Å². The topological polar surface area (TPSA) is 100 Å². The van der Waals surface area contributed by atoms with Crippen molar-refractivity contribution in [3.63, 3.8) is 0 Å². The molecule has 0 spiro atoms. The average Bonchev–Trinajstić information content (AvgIpc) is 3.41. The monoisotopic (exact) mass is 497 g/mol. The third kappa shape index (κ3) is 4.20. The molecule has 2 heterocycles. The summed E-state index contributed by atoms with van der Waals surface area (Å²) in [5.74, 6) is -2.84. The zero-order valence-electron chi connectivity index (χ0n) is 20.2. The number of thiophene rings is 1. The Hall–Kier alpha value is -3.59. The standard InChI is InChI=1S/C26H27NO7S/c1-13-20(25(29)33-4)21(15-11-14(31-2)8-9-18(15)32-3)23-17(27-13)12-16(19-7-6-10-35-19)22(24(23)28)26(30)34-5/h6-11,16,21-22,27H,12H2,1-5H3/t16-,21-,22-/m0/s1. The summed E-state index contributed by atoms with van der Waals surface area (Å²) in [6.07, 6.45) is 0.399. The van der Waals surface area contributed by atoms with E-state index in [9.17, 15) is 14.4 Å². The predicted molar refractivity (Wildman–Crippen MR) is 129 cm³/mol. The SMILES string of the molecule is COC(=O)C1=C(C)NC2=C(C(=O)[C@@H](C(=O)OC)[C@H](c3cccs3)C2)[C@H]1c1cc(OC)ccc1OC. The van der Waals surface area contributed by atoms with Gasteiger partial charge in [0, 0.05) is 33.3 Å². The number of methoxy groups -OCH3 is 4. The first-order valence-corrected chi connectivity index (χ1v) is 11.9. The lowest BCUT2D eigenvalue weighted by Crippen LogP contribution is -2.43. The number of ether oxygens (including phenoxy) is 4. The van der Waals surface area contributed by atoms with E-state index in [1.54, 1.807) is 25.1 Å². The molecule has 1 N–H and O–H groups in total. The highest BCUT2D eigenvalue weighted by molar-refractivity contribution is 7.10. The van der Waals surface area contributed by atoms with Crippen LogP contribution in [0.25, 0.3) is 0 Å². The van der Waals surface area contributed by atoms with Gasteiger partial charge >= 0.3 is 11.9 Å². The van der Waals surface area contributed by atoms with E-state index in [0.717, 1.165) is 4.88 Å². The van der Waals surface area contributed by atoms with E-state index in [4.69, 9.17) is 18.9 Å². The third-order valence-electron chi connectivity index (χ3n) is 6.54. The van der Waals surface area contributed by atoms with Gasteiger partial charge in [-0.3, -0.25) is 9.59 Å². The van der Waals surface area contributed by atoms with Crippen molar-refractivity contribution >= 4 is 29.1 Å². The van der Waals surface area contributed by atoms with Crippen molar-refractivity contribution in [1.29, 1.82) is 0 Å². The first-order chi connectivity index (χ1) is 16.9. The largest absolute Gasteiger partial charge is 0.497 e. The fourth-order valence-corrected chi connectivity index (χ4v) is 5.82. The van der Waals surface area contributed by atoms with Gasteiger partial charge in [-0.25, -0.2) is 4.79 Å². The van der Waals surface area contributed by atoms with Crippen LogP contribution >= 0.6 is 11.3 Å². The van der Waals surface area contributed by atoms with E-state index in [0.29, 0.717) is 40.5 Å². The predicted octanol–water partition coefficient (Wildman–Crippen LogP) is 3.70. The Morgan fingerprint density at radius 2 is 1.83 bits per heavy atom. The Morgan fingerprint density at radius 1 is 1.06 bits per heavy atom. The van der Waals surface area contributed by atoms with Crippen molar-refractivity contribution in [3.05, 3.63) is 68.7 Å². The maximum atomic E-state index is 14.1. The van der Waals surface area contributed by atoms with Gasteiger partial charge in [-0.15, -0.1) is 11.3 Å². The van der Waals surface area contributed by atoms with Gasteiger partial charge in [-0.1, -0.05) is 6.07 Å². The smallest absolute Gasteiger partial charge is 0.336 e. The molecule has 0 unspecified atom stereocenters. The van der Waals surface area contributed by atoms with E-state index in [1.165, 1.54) is 39.8 Å². The normalized spacial score (nSPS) is 21.7. The molecule has 1 aliphatic carbocycles. The van der Waals surface area contributed by atoms with Gasteiger partial charge in [0.25, 0.3) is 0 Å². The van der Waals surface area contributed by atoms with Crippen molar-refractivity contribution in [3.8, 4) is 11.5 Å². The van der Waals surface area contributed by atoms with E-state index < -0.39 is 29.6 Å². The minimum absolute atomic E-state index is 0.268. The van der Waals surface area contributed by atoms with Crippen molar-refractivity contribution in [2.45, 2.75) is 25.2 Å². The second-order valence-electron chi connectivity index (χ2n) is 8.28. The van der Waals surface area contributed by atoms with Gasteiger partial charge in [0.15, 0.2) is 5.78 Å². The van der Waals surface area contributed by atoms with Gasteiger partial charge in [0.1, 0.15) is 17.4 Å². The molecule has 0 fully saturated rings. The third-order valence-corrected chi connectivity index (χ3v) is 7.54. The summed E-state index contributed by atoms with van der Waals surface area (Å²) in [4.78, 5) is 41.0. The van der Waals surface area contributed by atoms with Crippen molar-refractivity contribution in [2.75, 3.05) is 28.4 Å². The molecular weight excluding hydrogens is 470 g/mol. The summed E-state index contributed by atoms with van der Waals surface area (Å²) in [6, 6.07) is 9.00. The Bertz CT molecular complexity index is 1230. The Kier molecular flexibility index (Phi) is 6.98. The molecule has 2 aliphatic rings. The van der Waals surface area contributed by atoms with E-state index in [1.807, 2.05) is 17.5 Å². The van der Waals surface area contributed by atoms with E-state index in [2.05, 4.69) is 5.32 Å². The van der Waals surface area contributed by atoms with Crippen LogP contribution in [0.4, 0.5) is 0 Å². The number of allylic oxidation sites excluding steroid dienone is 3. The molecule has 0 saturated heterocycles. The molecule has 0 radical (unpaired) electrons. The quantitative estimate of drug-likeness (QED) is 0.476. The van der Waals surface area contributed by atoms with Gasteiger partial charge in [-0.05, 0) is 43.0 Å². The summed E-state index contributed by atoms with van der Waals surface area (Å²) in [6.45, 7) is 1.77. The highest BCUT2D eigenvalue weighted by Gasteiger charge is 2.49. The molecule has 8 nitrogen and oxygen atoms in total. The van der Waals surface area contributed by atoms with Crippen LogP contribution in [0.2, 0.25) is 0 Å². The first-order valence-electron chi connectivity index (χ1n) is 11.0. The zero-order valence-corrected chi connectivity index (χ0v) is 21.0. The van der Waals surface area contributed by atoms with Crippen LogP contribution in [0.5, 0.6) is 11.5 Å². The summed E-state index contributed by atoms with van der Waals surface area (Å²) >= 11 is 1.49. The maximum Gasteiger partial charge on any atom is 0.336 e. The Balaban J connectivity index is 1.97. The lowest BCUT2D eigenvalue weighted by molar-refractivity contribution is -0.149. The van der Waals surface area contributed by atoms with Gasteiger partial charge in [0.05, 0.1) is 39.9 Å². The molecule has 0 bridgehead atoms. The molecule has 184 valence electrons. The van der Waals surface area contributed by atoms with Crippen LogP contribution in [0.15, 0.2) is 58.3 Å². The lowest BCUT2D eigenvalue weighted by atomic mass is 9.68. The molecule has 0 saturated carbocycles. The van der Waals surface area contributed by atoms with Crippen LogP contribution < -0.4 is 14.8 Å². The second-order valence-corrected chi connectivity index (χ2v) is 9.26. The first kappa shape index (κ1) is 24.5. The molecule has 1 aliphatic heterocycles. The van der Waals surface area contributed by atoms with Crippen molar-refractivity contribution < 1.29 is 33.3 Å². The van der Waals surface area contributed by atoms with Crippen LogP contribution in [0.3, 0.4) is 0 Å². The van der Waals surface area contributed by atoms with Crippen molar-refractivity contribution in [2.24, 2.45) is 5.92 Å². The number of ketones is 1.